The van der Waals surface area contributed by atoms with Crippen LogP contribution in [0.1, 0.15) is 29.8 Å². The second-order valence-electron chi connectivity index (χ2n) is 5.59. The van der Waals surface area contributed by atoms with Crippen LogP contribution in [0.5, 0.6) is 0 Å². The Bertz CT molecular complexity index is 802. The molecule has 0 fully saturated rings. The van der Waals surface area contributed by atoms with Crippen molar-refractivity contribution in [2.45, 2.75) is 13.8 Å². The molecule has 0 aliphatic rings. The first kappa shape index (κ1) is 19.0. The average molecular weight is 378 g/mol. The van der Waals surface area contributed by atoms with Crippen molar-refractivity contribution in [1.82, 2.24) is 5.43 Å². The second-order valence-corrected chi connectivity index (χ2v) is 6.43. The first-order valence-corrected chi connectivity index (χ1v) is 8.32. The van der Waals surface area contributed by atoms with Gasteiger partial charge in [-0.2, -0.15) is 5.10 Å². The van der Waals surface area contributed by atoms with Crippen LogP contribution in [-0.4, -0.2) is 18.0 Å². The number of carbonyl (C=O) groups excluding carboxylic acids is 2. The SMILES string of the molecule is CC(C)C(=O)Nc1ccc(C(=O)N/N=C\c2ccc(Cl)cc2Cl)cc1. The maximum Gasteiger partial charge on any atom is 0.271 e. The van der Waals surface area contributed by atoms with E-state index < -0.39 is 0 Å². The van der Waals surface area contributed by atoms with Gasteiger partial charge >= 0.3 is 0 Å². The van der Waals surface area contributed by atoms with Crippen molar-refractivity contribution in [3.8, 4) is 0 Å². The second kappa shape index (κ2) is 8.65. The van der Waals surface area contributed by atoms with E-state index in [4.69, 9.17) is 23.2 Å². The summed E-state index contributed by atoms with van der Waals surface area (Å²) >= 11 is 11.8. The van der Waals surface area contributed by atoms with Gasteiger partial charge in [-0.15, -0.1) is 0 Å². The fourth-order valence-corrected chi connectivity index (χ4v) is 2.28. The molecule has 130 valence electrons. The van der Waals surface area contributed by atoms with Crippen molar-refractivity contribution in [1.29, 1.82) is 0 Å². The molecule has 25 heavy (non-hydrogen) atoms. The lowest BCUT2D eigenvalue weighted by atomic mass is 10.1. The third kappa shape index (κ3) is 5.59. The van der Waals surface area contributed by atoms with E-state index in [1.165, 1.54) is 6.21 Å². The fourth-order valence-electron chi connectivity index (χ4n) is 1.82. The van der Waals surface area contributed by atoms with Gasteiger partial charge in [0.05, 0.1) is 11.2 Å². The minimum atomic E-state index is -0.372. The van der Waals surface area contributed by atoms with E-state index in [0.717, 1.165) is 0 Å². The molecule has 0 saturated heterocycles. The molecule has 2 aromatic carbocycles. The third-order valence-corrected chi connectivity index (χ3v) is 3.83. The highest BCUT2D eigenvalue weighted by Gasteiger charge is 2.08. The smallest absolute Gasteiger partial charge is 0.271 e. The normalized spacial score (nSPS) is 10.9. The van der Waals surface area contributed by atoms with Gasteiger partial charge in [0.15, 0.2) is 0 Å². The van der Waals surface area contributed by atoms with E-state index in [1.54, 1.807) is 42.5 Å². The molecule has 0 heterocycles. The molecule has 5 nitrogen and oxygen atoms in total. The summed E-state index contributed by atoms with van der Waals surface area (Å²) in [5.41, 5.74) is 4.11. The fraction of sp³-hybridized carbons (Fsp3) is 0.167. The molecule has 0 aromatic heterocycles. The Morgan fingerprint density at radius 3 is 2.36 bits per heavy atom. The number of amides is 2. The van der Waals surface area contributed by atoms with E-state index in [0.29, 0.717) is 26.9 Å². The standard InChI is InChI=1S/C18H17Cl2N3O2/c1-11(2)17(24)22-15-7-4-12(5-8-15)18(25)23-21-10-13-3-6-14(19)9-16(13)20/h3-11H,1-2H3,(H,22,24)(H,23,25)/b21-10-. The first-order valence-electron chi connectivity index (χ1n) is 7.56. The molecule has 0 unspecified atom stereocenters. The predicted octanol–water partition coefficient (Wildman–Crippen LogP) is 4.35. The molecular weight excluding hydrogens is 361 g/mol. The molecule has 0 radical (unpaired) electrons. The minimum Gasteiger partial charge on any atom is -0.326 e. The molecular formula is C18H17Cl2N3O2. The lowest BCUT2D eigenvalue weighted by Gasteiger charge is -2.08. The summed E-state index contributed by atoms with van der Waals surface area (Å²) in [6.07, 6.45) is 1.44. The number of hydrogen-bond acceptors (Lipinski definition) is 3. The van der Waals surface area contributed by atoms with E-state index in [9.17, 15) is 9.59 Å². The van der Waals surface area contributed by atoms with E-state index >= 15 is 0 Å². The largest absolute Gasteiger partial charge is 0.326 e. The van der Waals surface area contributed by atoms with E-state index in [1.807, 2.05) is 13.8 Å². The average Bonchev–Trinajstić information content (AvgIpc) is 2.57. The Morgan fingerprint density at radius 2 is 1.76 bits per heavy atom. The van der Waals surface area contributed by atoms with Crippen LogP contribution >= 0.6 is 23.2 Å². The molecule has 2 N–H and O–H groups in total. The van der Waals surface area contributed by atoms with Crippen LogP contribution in [0.25, 0.3) is 0 Å². The molecule has 0 saturated carbocycles. The predicted molar refractivity (Wildman–Crippen MR) is 101 cm³/mol. The molecule has 2 amide bonds. The third-order valence-electron chi connectivity index (χ3n) is 3.27. The Morgan fingerprint density at radius 1 is 1.08 bits per heavy atom. The number of rotatable bonds is 5. The molecule has 2 aromatic rings. The van der Waals surface area contributed by atoms with Crippen LogP contribution in [0.15, 0.2) is 47.6 Å². The Kier molecular flexibility index (Phi) is 6.56. The highest BCUT2D eigenvalue weighted by molar-refractivity contribution is 6.36. The Hall–Kier alpha value is -2.37. The van der Waals surface area contributed by atoms with E-state index in [2.05, 4.69) is 15.8 Å². The van der Waals surface area contributed by atoms with Crippen LogP contribution in [0.3, 0.4) is 0 Å². The molecule has 7 heteroatoms. The molecule has 0 bridgehead atoms. The van der Waals surface area contributed by atoms with Crippen molar-refractivity contribution < 1.29 is 9.59 Å². The number of hydrogen-bond donors (Lipinski definition) is 2. The van der Waals surface area contributed by atoms with Crippen molar-refractivity contribution in [3.63, 3.8) is 0 Å². The summed E-state index contributed by atoms with van der Waals surface area (Å²) in [4.78, 5) is 23.7. The zero-order valence-electron chi connectivity index (χ0n) is 13.7. The Labute approximate surface area is 156 Å². The maximum absolute atomic E-state index is 12.0. The first-order chi connectivity index (χ1) is 11.9. The highest BCUT2D eigenvalue weighted by Crippen LogP contribution is 2.19. The van der Waals surface area contributed by atoms with Crippen molar-refractivity contribution in [2.24, 2.45) is 11.0 Å². The number of carbonyl (C=O) groups is 2. The van der Waals surface area contributed by atoms with Crippen LogP contribution < -0.4 is 10.7 Å². The van der Waals surface area contributed by atoms with E-state index in [-0.39, 0.29) is 17.7 Å². The molecule has 0 aliphatic heterocycles. The maximum atomic E-state index is 12.0. The number of hydrazone groups is 1. The monoisotopic (exact) mass is 377 g/mol. The zero-order valence-corrected chi connectivity index (χ0v) is 15.2. The topological polar surface area (TPSA) is 70.6 Å². The van der Waals surface area contributed by atoms with Gasteiger partial charge in [-0.1, -0.05) is 43.1 Å². The van der Waals surface area contributed by atoms with Crippen LogP contribution in [-0.2, 0) is 4.79 Å². The van der Waals surface area contributed by atoms with Gasteiger partial charge in [-0.05, 0) is 36.4 Å². The number of halogens is 2. The lowest BCUT2D eigenvalue weighted by molar-refractivity contribution is -0.118. The number of anilines is 1. The summed E-state index contributed by atoms with van der Waals surface area (Å²) in [6, 6.07) is 11.5. The minimum absolute atomic E-state index is 0.0818. The van der Waals surface area contributed by atoms with Crippen molar-refractivity contribution in [3.05, 3.63) is 63.6 Å². The number of nitrogens with zero attached hydrogens (tertiary/aromatic N) is 1. The van der Waals surface area contributed by atoms with Gasteiger partial charge in [0.2, 0.25) is 5.91 Å². The lowest BCUT2D eigenvalue weighted by Crippen LogP contribution is -2.19. The molecule has 0 spiro atoms. The van der Waals surface area contributed by atoms with Crippen LogP contribution in [0, 0.1) is 5.92 Å². The van der Waals surface area contributed by atoms with Crippen LogP contribution in [0.4, 0.5) is 5.69 Å². The van der Waals surface area contributed by atoms with Crippen molar-refractivity contribution in [2.75, 3.05) is 5.32 Å². The quantitative estimate of drug-likeness (QED) is 0.600. The molecule has 0 aliphatic carbocycles. The molecule has 0 atom stereocenters. The summed E-state index contributed by atoms with van der Waals surface area (Å²) in [6.45, 7) is 3.62. The highest BCUT2D eigenvalue weighted by atomic mass is 35.5. The summed E-state index contributed by atoms with van der Waals surface area (Å²) in [5.74, 6) is -0.568. The van der Waals surface area contributed by atoms with Gasteiger partial charge in [0.25, 0.3) is 5.91 Å². The molecule has 2 rings (SSSR count). The van der Waals surface area contributed by atoms with Crippen LogP contribution in [0.2, 0.25) is 10.0 Å². The van der Waals surface area contributed by atoms with Gasteiger partial charge in [-0.25, -0.2) is 5.43 Å². The summed E-state index contributed by atoms with van der Waals surface area (Å²) < 4.78 is 0. The number of benzene rings is 2. The Balaban J connectivity index is 1.96. The van der Waals surface area contributed by atoms with Gasteiger partial charge in [0.1, 0.15) is 0 Å². The zero-order chi connectivity index (χ0) is 18.4. The van der Waals surface area contributed by atoms with Gasteiger partial charge < -0.3 is 5.32 Å². The van der Waals surface area contributed by atoms with Crippen molar-refractivity contribution >= 4 is 46.9 Å². The van der Waals surface area contributed by atoms with Gasteiger partial charge in [-0.3, -0.25) is 9.59 Å². The number of nitrogens with one attached hydrogen (secondary N) is 2. The summed E-state index contributed by atoms with van der Waals surface area (Å²) in [5, 5.41) is 7.60. The summed E-state index contributed by atoms with van der Waals surface area (Å²) in [7, 11) is 0. The van der Waals surface area contributed by atoms with Gasteiger partial charge in [0, 0.05) is 27.8 Å².